The number of carbonyl (C=O) groups excluding carboxylic acids is 1. The Morgan fingerprint density at radius 3 is 2.72 bits per heavy atom. The maximum absolute atomic E-state index is 12.3. The molecule has 5 nitrogen and oxygen atoms in total. The third kappa shape index (κ3) is 4.13. The van der Waals surface area contributed by atoms with Gasteiger partial charge in [0.25, 0.3) is 5.91 Å². The Bertz CT molecular complexity index is 909. The molecule has 1 heterocycles. The van der Waals surface area contributed by atoms with Crippen LogP contribution in [0.4, 0.5) is 0 Å². The van der Waals surface area contributed by atoms with Crippen molar-refractivity contribution in [1.29, 1.82) is 0 Å². The van der Waals surface area contributed by atoms with Crippen LogP contribution in [-0.2, 0) is 6.54 Å². The van der Waals surface area contributed by atoms with E-state index >= 15 is 0 Å². The number of hydrogen-bond acceptors (Lipinski definition) is 3. The molecule has 0 saturated heterocycles. The maximum atomic E-state index is 12.3. The number of aromatic amines is 1. The molecular formula is C18H15Cl2N3O2. The molecule has 0 aliphatic carbocycles. The van der Waals surface area contributed by atoms with E-state index in [-0.39, 0.29) is 5.91 Å². The van der Waals surface area contributed by atoms with Crippen LogP contribution in [0.2, 0.25) is 10.0 Å². The number of rotatable bonds is 5. The van der Waals surface area contributed by atoms with E-state index in [9.17, 15) is 4.79 Å². The molecule has 0 spiro atoms. The number of amides is 1. The van der Waals surface area contributed by atoms with Crippen molar-refractivity contribution in [2.75, 3.05) is 7.11 Å². The van der Waals surface area contributed by atoms with Gasteiger partial charge < -0.3 is 10.1 Å². The predicted molar refractivity (Wildman–Crippen MR) is 98.2 cm³/mol. The van der Waals surface area contributed by atoms with E-state index < -0.39 is 0 Å². The van der Waals surface area contributed by atoms with Gasteiger partial charge in [0.1, 0.15) is 11.4 Å². The second-order valence-electron chi connectivity index (χ2n) is 5.32. The van der Waals surface area contributed by atoms with E-state index in [0.717, 1.165) is 5.56 Å². The van der Waals surface area contributed by atoms with Crippen molar-refractivity contribution >= 4 is 29.1 Å². The molecule has 0 atom stereocenters. The van der Waals surface area contributed by atoms with E-state index in [4.69, 9.17) is 27.9 Å². The second kappa shape index (κ2) is 7.59. The summed E-state index contributed by atoms with van der Waals surface area (Å²) in [6.07, 6.45) is 0. The third-order valence-electron chi connectivity index (χ3n) is 3.60. The minimum Gasteiger partial charge on any atom is -0.496 e. The summed E-state index contributed by atoms with van der Waals surface area (Å²) in [4.78, 5) is 12.3. The first-order chi connectivity index (χ1) is 12.1. The van der Waals surface area contributed by atoms with Gasteiger partial charge in [0, 0.05) is 22.2 Å². The first-order valence-corrected chi connectivity index (χ1v) is 8.24. The number of nitrogens with one attached hydrogen (secondary N) is 2. The smallest absolute Gasteiger partial charge is 0.269 e. The molecule has 1 aromatic heterocycles. The van der Waals surface area contributed by atoms with E-state index in [1.165, 1.54) is 0 Å². The Labute approximate surface area is 154 Å². The first kappa shape index (κ1) is 17.3. The fourth-order valence-electron chi connectivity index (χ4n) is 2.38. The van der Waals surface area contributed by atoms with Crippen LogP contribution in [0.3, 0.4) is 0 Å². The number of H-pyrrole nitrogens is 1. The first-order valence-electron chi connectivity index (χ1n) is 7.49. The van der Waals surface area contributed by atoms with Crippen LogP contribution in [-0.4, -0.2) is 23.2 Å². The SMILES string of the molecule is COc1ccc(Cl)cc1-c1cc(C(=O)NCc2cccc(Cl)c2)[nH]n1. The van der Waals surface area contributed by atoms with Crippen molar-refractivity contribution in [3.8, 4) is 17.0 Å². The highest BCUT2D eigenvalue weighted by Crippen LogP contribution is 2.31. The maximum Gasteiger partial charge on any atom is 0.269 e. The minimum absolute atomic E-state index is 0.264. The number of aromatic nitrogens is 2. The highest BCUT2D eigenvalue weighted by atomic mass is 35.5. The highest BCUT2D eigenvalue weighted by molar-refractivity contribution is 6.31. The van der Waals surface area contributed by atoms with E-state index in [1.807, 2.05) is 12.1 Å². The number of methoxy groups -OCH3 is 1. The number of nitrogens with zero attached hydrogens (tertiary/aromatic N) is 1. The molecule has 0 aliphatic heterocycles. The molecule has 2 N–H and O–H groups in total. The van der Waals surface area contributed by atoms with E-state index in [1.54, 1.807) is 43.5 Å². The van der Waals surface area contributed by atoms with Crippen molar-refractivity contribution in [3.63, 3.8) is 0 Å². The molecule has 0 radical (unpaired) electrons. The fourth-order valence-corrected chi connectivity index (χ4v) is 2.77. The van der Waals surface area contributed by atoms with Crippen LogP contribution in [0.15, 0.2) is 48.5 Å². The summed E-state index contributed by atoms with van der Waals surface area (Å²) in [5, 5.41) is 10.9. The molecule has 0 unspecified atom stereocenters. The van der Waals surface area contributed by atoms with Crippen LogP contribution in [0.25, 0.3) is 11.3 Å². The standard InChI is InChI=1S/C18H15Cl2N3O2/c1-25-17-6-5-13(20)8-14(17)15-9-16(23-22-15)18(24)21-10-11-3-2-4-12(19)7-11/h2-9H,10H2,1H3,(H,21,24)(H,22,23). The molecule has 0 aliphatic rings. The topological polar surface area (TPSA) is 67.0 Å². The summed E-state index contributed by atoms with van der Waals surface area (Å²) in [5.74, 6) is 0.363. The molecular weight excluding hydrogens is 361 g/mol. The summed E-state index contributed by atoms with van der Waals surface area (Å²) in [6.45, 7) is 0.369. The number of carbonyl (C=O) groups is 1. The summed E-state index contributed by atoms with van der Waals surface area (Å²) < 4.78 is 5.32. The van der Waals surface area contributed by atoms with Gasteiger partial charge in [-0.05, 0) is 42.0 Å². The van der Waals surface area contributed by atoms with E-state index in [2.05, 4.69) is 15.5 Å². The Balaban J connectivity index is 1.75. The zero-order chi connectivity index (χ0) is 17.8. The molecule has 25 heavy (non-hydrogen) atoms. The number of hydrogen-bond donors (Lipinski definition) is 2. The molecule has 1 amide bonds. The zero-order valence-corrected chi connectivity index (χ0v) is 14.9. The van der Waals surface area contributed by atoms with Gasteiger partial charge in [0.2, 0.25) is 0 Å². The lowest BCUT2D eigenvalue weighted by atomic mass is 10.1. The molecule has 2 aromatic carbocycles. The van der Waals surface area contributed by atoms with Gasteiger partial charge in [-0.25, -0.2) is 0 Å². The van der Waals surface area contributed by atoms with Crippen LogP contribution in [0, 0.1) is 0 Å². The third-order valence-corrected chi connectivity index (χ3v) is 4.07. The molecule has 0 saturated carbocycles. The van der Waals surface area contributed by atoms with Crippen LogP contribution in [0.1, 0.15) is 16.1 Å². The summed E-state index contributed by atoms with van der Waals surface area (Å²) in [6, 6.07) is 14.2. The van der Waals surface area contributed by atoms with Crippen molar-refractivity contribution in [3.05, 3.63) is 69.8 Å². The van der Waals surface area contributed by atoms with E-state index in [0.29, 0.717) is 39.3 Å². The van der Waals surface area contributed by atoms with Gasteiger partial charge in [-0.2, -0.15) is 5.10 Å². The lowest BCUT2D eigenvalue weighted by Gasteiger charge is -2.06. The lowest BCUT2D eigenvalue weighted by molar-refractivity contribution is 0.0946. The van der Waals surface area contributed by atoms with Gasteiger partial charge >= 0.3 is 0 Å². The average Bonchev–Trinajstić information content (AvgIpc) is 3.10. The van der Waals surface area contributed by atoms with Crippen LogP contribution in [0.5, 0.6) is 5.75 Å². The Hall–Kier alpha value is -2.50. The summed E-state index contributed by atoms with van der Waals surface area (Å²) >= 11 is 12.0. The van der Waals surface area contributed by atoms with Gasteiger partial charge in [-0.3, -0.25) is 9.89 Å². The predicted octanol–water partition coefficient (Wildman–Crippen LogP) is 4.32. The lowest BCUT2D eigenvalue weighted by Crippen LogP contribution is -2.23. The highest BCUT2D eigenvalue weighted by Gasteiger charge is 2.14. The second-order valence-corrected chi connectivity index (χ2v) is 6.20. The van der Waals surface area contributed by atoms with Crippen LogP contribution >= 0.6 is 23.2 Å². The van der Waals surface area contributed by atoms with Crippen molar-refractivity contribution in [2.45, 2.75) is 6.54 Å². The largest absolute Gasteiger partial charge is 0.496 e. The average molecular weight is 376 g/mol. The molecule has 3 aromatic rings. The van der Waals surface area contributed by atoms with Crippen molar-refractivity contribution in [2.24, 2.45) is 0 Å². The fraction of sp³-hybridized carbons (Fsp3) is 0.111. The summed E-state index contributed by atoms with van der Waals surface area (Å²) in [5.41, 5.74) is 2.54. The normalized spacial score (nSPS) is 10.5. The Morgan fingerprint density at radius 1 is 1.16 bits per heavy atom. The summed E-state index contributed by atoms with van der Waals surface area (Å²) in [7, 11) is 1.57. The minimum atomic E-state index is -0.264. The van der Waals surface area contributed by atoms with Gasteiger partial charge in [-0.15, -0.1) is 0 Å². The Kier molecular flexibility index (Phi) is 5.26. The zero-order valence-electron chi connectivity index (χ0n) is 13.3. The molecule has 0 fully saturated rings. The van der Waals surface area contributed by atoms with Gasteiger partial charge in [-0.1, -0.05) is 35.3 Å². The molecule has 0 bridgehead atoms. The quantitative estimate of drug-likeness (QED) is 0.697. The number of benzene rings is 2. The van der Waals surface area contributed by atoms with Gasteiger partial charge in [0.15, 0.2) is 0 Å². The molecule has 7 heteroatoms. The number of ether oxygens (including phenoxy) is 1. The number of halogens is 2. The van der Waals surface area contributed by atoms with Gasteiger partial charge in [0.05, 0.1) is 12.8 Å². The Morgan fingerprint density at radius 2 is 1.96 bits per heavy atom. The van der Waals surface area contributed by atoms with Crippen LogP contribution < -0.4 is 10.1 Å². The monoisotopic (exact) mass is 375 g/mol. The molecule has 128 valence electrons. The van der Waals surface area contributed by atoms with Crippen molar-refractivity contribution in [1.82, 2.24) is 15.5 Å². The molecule has 3 rings (SSSR count). The van der Waals surface area contributed by atoms with Crippen molar-refractivity contribution < 1.29 is 9.53 Å².